The van der Waals surface area contributed by atoms with E-state index >= 15 is 0 Å². The lowest BCUT2D eigenvalue weighted by Crippen LogP contribution is -2.04. The second-order valence-corrected chi connectivity index (χ2v) is 6.29. The first-order valence-electron chi connectivity index (χ1n) is 6.98. The van der Waals surface area contributed by atoms with Crippen LogP contribution in [-0.2, 0) is 13.5 Å². The maximum Gasteiger partial charge on any atom is 0.0826 e. The highest BCUT2D eigenvalue weighted by Crippen LogP contribution is 2.34. The number of aryl methyl sites for hydroxylation is 2. The highest BCUT2D eigenvalue weighted by Gasteiger charge is 2.17. The summed E-state index contributed by atoms with van der Waals surface area (Å²) >= 11 is 3.70. The van der Waals surface area contributed by atoms with Gasteiger partial charge in [0.2, 0.25) is 0 Å². The summed E-state index contributed by atoms with van der Waals surface area (Å²) in [4.78, 5) is 0. The summed E-state index contributed by atoms with van der Waals surface area (Å²) in [6.07, 6.45) is 0.789. The van der Waals surface area contributed by atoms with Crippen LogP contribution in [0.4, 0.5) is 0 Å². The number of hydrogen-bond donors (Lipinski definition) is 1. The largest absolute Gasteiger partial charge is 0.330 e. The van der Waals surface area contributed by atoms with Gasteiger partial charge in [0.05, 0.1) is 15.9 Å². The van der Waals surface area contributed by atoms with Crippen molar-refractivity contribution in [3.8, 4) is 11.3 Å². The van der Waals surface area contributed by atoms with Crippen molar-refractivity contribution >= 4 is 15.9 Å². The van der Waals surface area contributed by atoms with E-state index < -0.39 is 0 Å². The Morgan fingerprint density at radius 3 is 2.65 bits per heavy atom. The Labute approximate surface area is 129 Å². The maximum atomic E-state index is 5.65. The van der Waals surface area contributed by atoms with Gasteiger partial charge in [-0.15, -0.1) is 0 Å². The molecule has 0 bridgehead atoms. The van der Waals surface area contributed by atoms with E-state index in [4.69, 9.17) is 5.73 Å². The molecular weight excluding hydrogens is 314 g/mol. The van der Waals surface area contributed by atoms with Crippen molar-refractivity contribution < 1.29 is 0 Å². The minimum atomic E-state index is 0.518. The van der Waals surface area contributed by atoms with Crippen LogP contribution in [0.2, 0.25) is 0 Å². The molecule has 0 unspecified atom stereocenters. The van der Waals surface area contributed by atoms with Crippen LogP contribution in [0.5, 0.6) is 0 Å². The average molecular weight is 336 g/mol. The molecule has 1 aromatic heterocycles. The van der Waals surface area contributed by atoms with Crippen molar-refractivity contribution in [3.05, 3.63) is 39.5 Å². The first kappa shape index (κ1) is 15.3. The lowest BCUT2D eigenvalue weighted by atomic mass is 9.96. The van der Waals surface area contributed by atoms with Crippen molar-refractivity contribution in [2.24, 2.45) is 12.8 Å². The number of hydrogen-bond acceptors (Lipinski definition) is 2. The predicted molar refractivity (Wildman–Crippen MR) is 87.9 cm³/mol. The Morgan fingerprint density at radius 2 is 2.05 bits per heavy atom. The average Bonchev–Trinajstić information content (AvgIpc) is 2.66. The summed E-state index contributed by atoms with van der Waals surface area (Å²) in [6, 6.07) is 6.66. The Bertz CT molecular complexity index is 614. The van der Waals surface area contributed by atoms with Gasteiger partial charge in [0.15, 0.2) is 0 Å². The van der Waals surface area contributed by atoms with Gasteiger partial charge < -0.3 is 5.73 Å². The number of rotatable bonds is 4. The third kappa shape index (κ3) is 2.81. The van der Waals surface area contributed by atoms with E-state index in [1.165, 1.54) is 16.7 Å². The van der Waals surface area contributed by atoms with Crippen molar-refractivity contribution in [2.75, 3.05) is 6.54 Å². The monoisotopic (exact) mass is 335 g/mol. The summed E-state index contributed by atoms with van der Waals surface area (Å²) in [5, 5.41) is 4.58. The van der Waals surface area contributed by atoms with Crippen LogP contribution in [0, 0.1) is 6.92 Å². The van der Waals surface area contributed by atoms with Gasteiger partial charge in [-0.25, -0.2) is 0 Å². The topological polar surface area (TPSA) is 43.8 Å². The van der Waals surface area contributed by atoms with Gasteiger partial charge in [0, 0.05) is 19.0 Å². The highest BCUT2D eigenvalue weighted by molar-refractivity contribution is 9.10. The first-order chi connectivity index (χ1) is 9.45. The van der Waals surface area contributed by atoms with Crippen LogP contribution in [0.3, 0.4) is 0 Å². The van der Waals surface area contributed by atoms with Gasteiger partial charge in [-0.2, -0.15) is 5.10 Å². The molecule has 2 rings (SSSR count). The molecule has 0 aliphatic rings. The smallest absolute Gasteiger partial charge is 0.0826 e. The fraction of sp³-hybridized carbons (Fsp3) is 0.438. The van der Waals surface area contributed by atoms with Crippen LogP contribution < -0.4 is 5.73 Å². The van der Waals surface area contributed by atoms with Crippen LogP contribution in [0.25, 0.3) is 11.3 Å². The standard InChI is InChI=1S/C16H22BrN3/c1-10(2)12-6-5-11(3)13(9-12)16-15(17)14(7-8-18)19-20(16)4/h5-6,9-10H,7-8,18H2,1-4H3. The zero-order chi connectivity index (χ0) is 14.9. The van der Waals surface area contributed by atoms with Crippen LogP contribution in [0.1, 0.15) is 36.6 Å². The number of nitrogens with zero attached hydrogens (tertiary/aromatic N) is 2. The lowest BCUT2D eigenvalue weighted by molar-refractivity contribution is 0.744. The Morgan fingerprint density at radius 1 is 1.35 bits per heavy atom. The molecule has 0 saturated heterocycles. The normalized spacial score (nSPS) is 11.3. The second kappa shape index (κ2) is 6.10. The number of halogens is 1. The van der Waals surface area contributed by atoms with Gasteiger partial charge in [0.25, 0.3) is 0 Å². The Kier molecular flexibility index (Phi) is 4.66. The van der Waals surface area contributed by atoms with Crippen molar-refractivity contribution in [2.45, 2.75) is 33.1 Å². The van der Waals surface area contributed by atoms with Crippen molar-refractivity contribution in [1.29, 1.82) is 0 Å². The van der Waals surface area contributed by atoms with E-state index in [0.29, 0.717) is 12.5 Å². The summed E-state index contributed by atoms with van der Waals surface area (Å²) in [5.74, 6) is 0.518. The van der Waals surface area contributed by atoms with Crippen molar-refractivity contribution in [3.63, 3.8) is 0 Å². The minimum Gasteiger partial charge on any atom is -0.330 e. The number of aromatic nitrogens is 2. The second-order valence-electron chi connectivity index (χ2n) is 5.50. The maximum absolute atomic E-state index is 5.65. The molecule has 0 amide bonds. The molecule has 0 spiro atoms. The summed E-state index contributed by atoms with van der Waals surface area (Å²) in [5.41, 5.74) is 11.7. The predicted octanol–water partition coefficient (Wildman–Crippen LogP) is 3.78. The van der Waals surface area contributed by atoms with Gasteiger partial charge in [-0.1, -0.05) is 26.0 Å². The first-order valence-corrected chi connectivity index (χ1v) is 7.77. The molecular formula is C16H22BrN3. The zero-order valence-electron chi connectivity index (χ0n) is 12.6. The van der Waals surface area contributed by atoms with E-state index in [1.807, 2.05) is 11.7 Å². The molecule has 3 nitrogen and oxygen atoms in total. The molecule has 0 radical (unpaired) electrons. The molecule has 2 N–H and O–H groups in total. The van der Waals surface area contributed by atoms with Crippen LogP contribution in [0.15, 0.2) is 22.7 Å². The highest BCUT2D eigenvalue weighted by atomic mass is 79.9. The van der Waals surface area contributed by atoms with Gasteiger partial charge in [-0.05, 0) is 52.5 Å². The van der Waals surface area contributed by atoms with E-state index in [-0.39, 0.29) is 0 Å². The molecule has 108 valence electrons. The summed E-state index contributed by atoms with van der Waals surface area (Å²) < 4.78 is 3.01. The van der Waals surface area contributed by atoms with E-state index in [2.05, 4.69) is 60.0 Å². The van der Waals surface area contributed by atoms with Gasteiger partial charge in [-0.3, -0.25) is 4.68 Å². The quantitative estimate of drug-likeness (QED) is 0.923. The van der Waals surface area contributed by atoms with E-state index in [1.54, 1.807) is 0 Å². The minimum absolute atomic E-state index is 0.518. The number of benzene rings is 1. The molecule has 0 aliphatic heterocycles. The zero-order valence-corrected chi connectivity index (χ0v) is 14.2. The molecule has 0 fully saturated rings. The van der Waals surface area contributed by atoms with Crippen LogP contribution in [-0.4, -0.2) is 16.3 Å². The fourth-order valence-electron chi connectivity index (χ4n) is 2.40. The molecule has 20 heavy (non-hydrogen) atoms. The molecule has 1 aromatic carbocycles. The molecule has 2 aromatic rings. The van der Waals surface area contributed by atoms with Gasteiger partial charge >= 0.3 is 0 Å². The lowest BCUT2D eigenvalue weighted by Gasteiger charge is -2.12. The fourth-order valence-corrected chi connectivity index (χ4v) is 3.14. The molecule has 0 saturated carbocycles. The Balaban J connectivity index is 2.59. The summed E-state index contributed by atoms with van der Waals surface area (Å²) in [7, 11) is 1.99. The van der Waals surface area contributed by atoms with Crippen LogP contribution >= 0.6 is 15.9 Å². The molecule has 4 heteroatoms. The molecule has 0 atom stereocenters. The Hall–Kier alpha value is -1.13. The molecule has 0 aliphatic carbocycles. The number of nitrogens with two attached hydrogens (primary N) is 1. The van der Waals surface area contributed by atoms with Crippen molar-refractivity contribution in [1.82, 2.24) is 9.78 Å². The third-order valence-corrected chi connectivity index (χ3v) is 4.45. The van der Waals surface area contributed by atoms with E-state index in [9.17, 15) is 0 Å². The molecule has 1 heterocycles. The van der Waals surface area contributed by atoms with Gasteiger partial charge in [0.1, 0.15) is 0 Å². The van der Waals surface area contributed by atoms with E-state index in [0.717, 1.165) is 22.3 Å². The third-order valence-electron chi connectivity index (χ3n) is 3.62. The SMILES string of the molecule is Cc1ccc(C(C)C)cc1-c1c(Br)c(CCN)nn1C. The summed E-state index contributed by atoms with van der Waals surface area (Å²) in [6.45, 7) is 7.18.